The molecule has 0 saturated heterocycles. The fourth-order valence-electron chi connectivity index (χ4n) is 1.89. The number of carbonyl (C=O) groups excluding carboxylic acids is 1. The molecule has 110 valence electrons. The number of amides is 1. The molecule has 0 aliphatic rings. The Morgan fingerprint density at radius 1 is 1.45 bits per heavy atom. The van der Waals surface area contributed by atoms with Crippen LogP contribution in [0.4, 0.5) is 4.39 Å². The van der Waals surface area contributed by atoms with Crippen LogP contribution in [0.1, 0.15) is 29.1 Å². The van der Waals surface area contributed by atoms with E-state index in [4.69, 9.17) is 5.73 Å². The minimum atomic E-state index is -0.474. The van der Waals surface area contributed by atoms with Gasteiger partial charge >= 0.3 is 0 Å². The van der Waals surface area contributed by atoms with Gasteiger partial charge in [0.05, 0.1) is 4.88 Å². The van der Waals surface area contributed by atoms with Gasteiger partial charge in [-0.25, -0.2) is 4.39 Å². The highest BCUT2D eigenvalue weighted by Gasteiger charge is 2.23. The zero-order valence-corrected chi connectivity index (χ0v) is 13.3. The van der Waals surface area contributed by atoms with E-state index in [0.717, 1.165) is 4.70 Å². The van der Waals surface area contributed by atoms with E-state index < -0.39 is 5.54 Å². The van der Waals surface area contributed by atoms with Crippen molar-refractivity contribution >= 4 is 39.7 Å². The molecule has 0 saturated carbocycles. The first kappa shape index (κ1) is 16.9. The zero-order chi connectivity index (χ0) is 14.2. The van der Waals surface area contributed by atoms with Crippen LogP contribution in [-0.4, -0.2) is 18.0 Å². The highest BCUT2D eigenvalue weighted by molar-refractivity contribution is 7.21. The highest BCUT2D eigenvalue weighted by Crippen LogP contribution is 2.32. The number of thiophene rings is 1. The van der Waals surface area contributed by atoms with Gasteiger partial charge in [0, 0.05) is 22.2 Å². The minimum Gasteiger partial charge on any atom is -0.345 e. The number of aryl methyl sites for hydroxylation is 1. The van der Waals surface area contributed by atoms with Crippen LogP contribution in [0.5, 0.6) is 0 Å². The number of carbonyl (C=O) groups is 1. The van der Waals surface area contributed by atoms with Crippen LogP contribution in [-0.2, 0) is 0 Å². The first-order chi connectivity index (χ1) is 8.85. The molecule has 20 heavy (non-hydrogen) atoms. The normalized spacial score (nSPS) is 11.2. The molecule has 0 fully saturated rings. The number of benzene rings is 1. The Balaban J connectivity index is 0.00000200. The minimum absolute atomic E-state index is 0. The van der Waals surface area contributed by atoms with Crippen molar-refractivity contribution in [2.45, 2.75) is 26.3 Å². The number of nitrogens with one attached hydrogen (secondary N) is 1. The van der Waals surface area contributed by atoms with Crippen molar-refractivity contribution < 1.29 is 9.18 Å². The molecule has 0 aliphatic heterocycles. The molecule has 0 spiro atoms. The fraction of sp³-hybridized carbons (Fsp3) is 0.357. The third kappa shape index (κ3) is 3.11. The Bertz CT molecular complexity index is 639. The Morgan fingerprint density at radius 2 is 2.10 bits per heavy atom. The molecule has 6 heteroatoms. The lowest BCUT2D eigenvalue weighted by Gasteiger charge is -2.23. The fourth-order valence-corrected chi connectivity index (χ4v) is 3.00. The quantitative estimate of drug-likeness (QED) is 0.913. The van der Waals surface area contributed by atoms with Crippen LogP contribution in [0.25, 0.3) is 10.1 Å². The lowest BCUT2D eigenvalue weighted by molar-refractivity contribution is 0.0919. The van der Waals surface area contributed by atoms with Crippen LogP contribution in [0.3, 0.4) is 0 Å². The van der Waals surface area contributed by atoms with Gasteiger partial charge in [0.15, 0.2) is 0 Å². The molecule has 2 rings (SSSR count). The van der Waals surface area contributed by atoms with E-state index in [9.17, 15) is 9.18 Å². The van der Waals surface area contributed by atoms with Crippen molar-refractivity contribution in [3.05, 3.63) is 34.5 Å². The van der Waals surface area contributed by atoms with E-state index in [1.54, 1.807) is 13.0 Å². The van der Waals surface area contributed by atoms with E-state index in [2.05, 4.69) is 5.32 Å². The SMILES string of the molecule is Cc1c(C(=O)NC(C)(C)CN)sc2cccc(F)c12.Cl. The maximum Gasteiger partial charge on any atom is 0.262 e. The van der Waals surface area contributed by atoms with Gasteiger partial charge in [0.25, 0.3) is 5.91 Å². The monoisotopic (exact) mass is 316 g/mol. The Kier molecular flexibility index (Phi) is 5.13. The van der Waals surface area contributed by atoms with Crippen molar-refractivity contribution in [1.82, 2.24) is 5.32 Å². The van der Waals surface area contributed by atoms with Gasteiger partial charge < -0.3 is 11.1 Å². The summed E-state index contributed by atoms with van der Waals surface area (Å²) >= 11 is 1.30. The average molecular weight is 317 g/mol. The van der Waals surface area contributed by atoms with Crippen molar-refractivity contribution in [3.63, 3.8) is 0 Å². The Labute approximate surface area is 127 Å². The molecule has 2 aromatic rings. The summed E-state index contributed by atoms with van der Waals surface area (Å²) in [5.74, 6) is -0.489. The van der Waals surface area contributed by atoms with Crippen molar-refractivity contribution in [1.29, 1.82) is 0 Å². The maximum atomic E-state index is 13.8. The van der Waals surface area contributed by atoms with E-state index in [1.165, 1.54) is 17.4 Å². The predicted octanol–water partition coefficient (Wildman–Crippen LogP) is 3.24. The van der Waals surface area contributed by atoms with Crippen LogP contribution in [0.2, 0.25) is 0 Å². The number of hydrogen-bond donors (Lipinski definition) is 2. The van der Waals surface area contributed by atoms with Crippen LogP contribution >= 0.6 is 23.7 Å². The summed E-state index contributed by atoms with van der Waals surface area (Å²) in [6.45, 7) is 5.82. The molecular formula is C14H18ClFN2OS. The van der Waals surface area contributed by atoms with Crippen molar-refractivity contribution in [3.8, 4) is 0 Å². The van der Waals surface area contributed by atoms with Crippen LogP contribution < -0.4 is 11.1 Å². The molecule has 3 nitrogen and oxygen atoms in total. The maximum absolute atomic E-state index is 13.8. The standard InChI is InChI=1S/C14H17FN2OS.ClH/c1-8-11-9(15)5-4-6-10(11)19-12(8)13(18)17-14(2,3)7-16;/h4-6H,7,16H2,1-3H3,(H,17,18);1H. The predicted molar refractivity (Wildman–Crippen MR) is 84.4 cm³/mol. The molecule has 1 aromatic carbocycles. The summed E-state index contributed by atoms with van der Waals surface area (Å²) in [4.78, 5) is 12.8. The largest absolute Gasteiger partial charge is 0.345 e. The third-order valence-corrected chi connectivity index (χ3v) is 4.33. The first-order valence-corrected chi connectivity index (χ1v) is 6.87. The molecule has 0 aliphatic carbocycles. The zero-order valence-electron chi connectivity index (χ0n) is 11.6. The highest BCUT2D eigenvalue weighted by atomic mass is 35.5. The van der Waals surface area contributed by atoms with E-state index in [-0.39, 0.29) is 24.1 Å². The second kappa shape index (κ2) is 6.08. The average Bonchev–Trinajstić information content (AvgIpc) is 2.68. The summed E-state index contributed by atoms with van der Waals surface area (Å²) in [5.41, 5.74) is 5.81. The smallest absolute Gasteiger partial charge is 0.262 e. The summed E-state index contributed by atoms with van der Waals surface area (Å²) < 4.78 is 14.6. The molecule has 3 N–H and O–H groups in total. The molecule has 0 unspecified atom stereocenters. The van der Waals surface area contributed by atoms with Gasteiger partial charge in [-0.15, -0.1) is 23.7 Å². The van der Waals surface area contributed by atoms with Crippen LogP contribution in [0, 0.1) is 12.7 Å². The lowest BCUT2D eigenvalue weighted by Crippen LogP contribution is -2.48. The number of rotatable bonds is 3. The summed E-state index contributed by atoms with van der Waals surface area (Å²) in [6, 6.07) is 4.88. The van der Waals surface area contributed by atoms with Gasteiger partial charge in [-0.05, 0) is 38.5 Å². The molecule has 0 atom stereocenters. The van der Waals surface area contributed by atoms with Crippen LogP contribution in [0.15, 0.2) is 18.2 Å². The van der Waals surface area contributed by atoms with Gasteiger partial charge in [-0.2, -0.15) is 0 Å². The number of nitrogens with two attached hydrogens (primary N) is 1. The van der Waals surface area contributed by atoms with Gasteiger partial charge in [-0.1, -0.05) is 6.07 Å². The number of fused-ring (bicyclic) bond motifs is 1. The number of hydrogen-bond acceptors (Lipinski definition) is 3. The van der Waals surface area contributed by atoms with E-state index in [0.29, 0.717) is 22.4 Å². The van der Waals surface area contributed by atoms with E-state index in [1.807, 2.05) is 19.9 Å². The Hall–Kier alpha value is -1.17. The van der Waals surface area contributed by atoms with Gasteiger partial charge in [-0.3, -0.25) is 4.79 Å². The molecule has 1 aromatic heterocycles. The summed E-state index contributed by atoms with van der Waals surface area (Å²) in [5, 5.41) is 3.40. The third-order valence-electron chi connectivity index (χ3n) is 3.07. The second-order valence-corrected chi connectivity index (χ2v) is 6.26. The second-order valence-electron chi connectivity index (χ2n) is 5.21. The number of halogens is 2. The van der Waals surface area contributed by atoms with Crippen molar-refractivity contribution in [2.24, 2.45) is 5.73 Å². The first-order valence-electron chi connectivity index (χ1n) is 6.06. The van der Waals surface area contributed by atoms with Gasteiger partial charge in [0.2, 0.25) is 0 Å². The lowest BCUT2D eigenvalue weighted by atomic mass is 10.1. The molecule has 1 amide bonds. The Morgan fingerprint density at radius 3 is 2.65 bits per heavy atom. The topological polar surface area (TPSA) is 55.1 Å². The summed E-state index contributed by atoms with van der Waals surface area (Å²) in [7, 11) is 0. The molecular weight excluding hydrogens is 299 g/mol. The molecule has 1 heterocycles. The summed E-state index contributed by atoms with van der Waals surface area (Å²) in [6.07, 6.45) is 0. The molecule has 0 bridgehead atoms. The van der Waals surface area contributed by atoms with Crippen molar-refractivity contribution in [2.75, 3.05) is 6.54 Å². The van der Waals surface area contributed by atoms with E-state index >= 15 is 0 Å². The molecule has 0 radical (unpaired) electrons. The van der Waals surface area contributed by atoms with Gasteiger partial charge in [0.1, 0.15) is 5.82 Å².